The van der Waals surface area contributed by atoms with E-state index in [0.717, 1.165) is 11.1 Å². The number of ether oxygens (including phenoxy) is 2. The molecule has 0 radical (unpaired) electrons. The highest BCUT2D eigenvalue weighted by atomic mass is 19.3. The highest BCUT2D eigenvalue weighted by Gasteiger charge is 2.14. The fraction of sp³-hybridized carbons (Fsp3) is 0.304. The lowest BCUT2D eigenvalue weighted by molar-refractivity contribution is -0.130. The quantitative estimate of drug-likeness (QED) is 0.456. The number of oxazole rings is 1. The molecule has 31 heavy (non-hydrogen) atoms. The van der Waals surface area contributed by atoms with Gasteiger partial charge in [-0.25, -0.2) is 4.98 Å². The molecular formula is C23H24F2N2O4. The lowest BCUT2D eigenvalue weighted by atomic mass is 10.1. The van der Waals surface area contributed by atoms with Gasteiger partial charge in [0.2, 0.25) is 5.91 Å². The number of nitrogens with zero attached hydrogens (tertiary/aromatic N) is 2. The van der Waals surface area contributed by atoms with Crippen molar-refractivity contribution in [1.82, 2.24) is 9.88 Å². The summed E-state index contributed by atoms with van der Waals surface area (Å²) in [6.45, 7) is -2.61. The predicted octanol–water partition coefficient (Wildman–Crippen LogP) is 4.93. The van der Waals surface area contributed by atoms with Crippen molar-refractivity contribution in [3.05, 3.63) is 66.2 Å². The van der Waals surface area contributed by atoms with Gasteiger partial charge in [-0.15, -0.1) is 0 Å². The smallest absolute Gasteiger partial charge is 0.387 e. The Morgan fingerprint density at radius 1 is 1.16 bits per heavy atom. The van der Waals surface area contributed by atoms with Crippen molar-refractivity contribution >= 4 is 5.91 Å². The molecule has 0 saturated heterocycles. The fourth-order valence-electron chi connectivity index (χ4n) is 3.11. The van der Waals surface area contributed by atoms with Crippen LogP contribution in [0.4, 0.5) is 8.78 Å². The molecule has 6 nitrogen and oxygen atoms in total. The van der Waals surface area contributed by atoms with E-state index in [1.165, 1.54) is 13.2 Å². The fourth-order valence-corrected chi connectivity index (χ4v) is 3.11. The molecule has 2 aromatic carbocycles. The number of alkyl halides is 2. The lowest BCUT2D eigenvalue weighted by Crippen LogP contribution is -2.26. The highest BCUT2D eigenvalue weighted by Crippen LogP contribution is 2.30. The Labute approximate surface area is 179 Å². The standard InChI is InChI=1S/C23H24F2N2O4/c1-27(15-16-11-12-18(31-23(24)25)19(13-16)29-2)22(28)10-6-9-21-26-14-20(30-21)17-7-4-3-5-8-17/h3-5,7-8,11-14,23H,6,9-10,15H2,1-2H3. The number of hydrogen-bond acceptors (Lipinski definition) is 5. The van der Waals surface area contributed by atoms with Crippen LogP contribution in [0.25, 0.3) is 11.3 Å². The van der Waals surface area contributed by atoms with Gasteiger partial charge in [-0.05, 0) is 24.1 Å². The molecule has 1 amide bonds. The second-order valence-electron chi connectivity index (χ2n) is 6.95. The third kappa shape index (κ3) is 6.28. The molecule has 3 aromatic rings. The molecule has 0 N–H and O–H groups in total. The van der Waals surface area contributed by atoms with Crippen LogP contribution in [0.15, 0.2) is 59.1 Å². The van der Waals surface area contributed by atoms with E-state index < -0.39 is 6.61 Å². The number of carbonyl (C=O) groups is 1. The molecule has 0 saturated carbocycles. The average molecular weight is 430 g/mol. The Balaban J connectivity index is 1.49. The SMILES string of the molecule is COc1cc(CN(C)C(=O)CCCc2ncc(-c3ccccc3)o2)ccc1OC(F)F. The normalized spacial score (nSPS) is 10.9. The number of aromatic nitrogens is 1. The minimum atomic E-state index is -2.93. The number of methoxy groups -OCH3 is 1. The van der Waals surface area contributed by atoms with Crippen molar-refractivity contribution in [2.75, 3.05) is 14.2 Å². The van der Waals surface area contributed by atoms with Crippen molar-refractivity contribution in [2.24, 2.45) is 0 Å². The number of rotatable bonds is 10. The molecule has 0 aliphatic heterocycles. The van der Waals surface area contributed by atoms with Crippen molar-refractivity contribution in [1.29, 1.82) is 0 Å². The van der Waals surface area contributed by atoms with Gasteiger partial charge in [0.05, 0.1) is 13.3 Å². The average Bonchev–Trinajstić information content (AvgIpc) is 3.24. The number of aryl methyl sites for hydroxylation is 1. The largest absolute Gasteiger partial charge is 0.493 e. The lowest BCUT2D eigenvalue weighted by Gasteiger charge is -2.18. The molecule has 164 valence electrons. The van der Waals surface area contributed by atoms with E-state index in [0.29, 0.717) is 37.5 Å². The van der Waals surface area contributed by atoms with Crippen LogP contribution in [0, 0.1) is 0 Å². The van der Waals surface area contributed by atoms with Gasteiger partial charge in [0.15, 0.2) is 23.1 Å². The molecule has 0 aliphatic rings. The Morgan fingerprint density at radius 2 is 1.94 bits per heavy atom. The number of amides is 1. The summed E-state index contributed by atoms with van der Waals surface area (Å²) >= 11 is 0. The first-order valence-corrected chi connectivity index (χ1v) is 9.82. The van der Waals surface area contributed by atoms with Crippen LogP contribution in [0.1, 0.15) is 24.3 Å². The maximum atomic E-state index is 12.5. The highest BCUT2D eigenvalue weighted by molar-refractivity contribution is 5.75. The van der Waals surface area contributed by atoms with Crippen molar-refractivity contribution in [3.63, 3.8) is 0 Å². The molecule has 3 rings (SSSR count). The summed E-state index contributed by atoms with van der Waals surface area (Å²) < 4.78 is 40.1. The molecule has 8 heteroatoms. The summed E-state index contributed by atoms with van der Waals surface area (Å²) in [6, 6.07) is 14.3. The second-order valence-corrected chi connectivity index (χ2v) is 6.95. The molecule has 0 bridgehead atoms. The zero-order valence-corrected chi connectivity index (χ0v) is 17.4. The van der Waals surface area contributed by atoms with Gasteiger partial charge >= 0.3 is 6.61 Å². The van der Waals surface area contributed by atoms with E-state index in [1.807, 2.05) is 30.3 Å². The van der Waals surface area contributed by atoms with Gasteiger partial charge in [0.25, 0.3) is 0 Å². The third-order valence-electron chi connectivity index (χ3n) is 4.68. The van der Waals surface area contributed by atoms with E-state index in [4.69, 9.17) is 9.15 Å². The maximum Gasteiger partial charge on any atom is 0.387 e. The van der Waals surface area contributed by atoms with Crippen molar-refractivity contribution in [3.8, 4) is 22.8 Å². The van der Waals surface area contributed by atoms with Crippen LogP contribution in [0.3, 0.4) is 0 Å². The summed E-state index contributed by atoms with van der Waals surface area (Å²) in [5.74, 6) is 1.40. The van der Waals surface area contributed by atoms with Crippen molar-refractivity contribution < 1.29 is 27.5 Å². The summed E-state index contributed by atoms with van der Waals surface area (Å²) in [6.07, 6.45) is 3.18. The van der Waals surface area contributed by atoms with Crippen LogP contribution < -0.4 is 9.47 Å². The van der Waals surface area contributed by atoms with E-state index >= 15 is 0 Å². The van der Waals surface area contributed by atoms with Crippen molar-refractivity contribution in [2.45, 2.75) is 32.4 Å². The summed E-state index contributed by atoms with van der Waals surface area (Å²) in [5.41, 5.74) is 1.70. The maximum absolute atomic E-state index is 12.5. The molecule has 0 fully saturated rings. The molecule has 0 atom stereocenters. The number of benzene rings is 2. The van der Waals surface area contributed by atoms with Gasteiger partial charge < -0.3 is 18.8 Å². The predicted molar refractivity (Wildman–Crippen MR) is 111 cm³/mol. The van der Waals surface area contributed by atoms with Gasteiger partial charge in [-0.2, -0.15) is 8.78 Å². The first-order valence-electron chi connectivity index (χ1n) is 9.82. The van der Waals surface area contributed by atoms with E-state index in [-0.39, 0.29) is 17.4 Å². The zero-order chi connectivity index (χ0) is 22.2. The Hall–Kier alpha value is -3.42. The Morgan fingerprint density at radius 3 is 2.65 bits per heavy atom. The molecule has 1 heterocycles. The van der Waals surface area contributed by atoms with E-state index in [1.54, 1.807) is 30.3 Å². The Kier molecular flexibility index (Phi) is 7.59. The Bertz CT molecular complexity index is 992. The van der Waals surface area contributed by atoms with E-state index in [9.17, 15) is 13.6 Å². The van der Waals surface area contributed by atoms with Crippen LogP contribution in [0.5, 0.6) is 11.5 Å². The minimum Gasteiger partial charge on any atom is -0.493 e. The molecular weight excluding hydrogens is 406 g/mol. The molecule has 0 unspecified atom stereocenters. The van der Waals surface area contributed by atoms with Gasteiger partial charge in [-0.1, -0.05) is 36.4 Å². The third-order valence-corrected chi connectivity index (χ3v) is 4.68. The summed E-state index contributed by atoms with van der Waals surface area (Å²) in [7, 11) is 3.06. The second kappa shape index (κ2) is 10.6. The summed E-state index contributed by atoms with van der Waals surface area (Å²) in [4.78, 5) is 18.3. The van der Waals surface area contributed by atoms with Gasteiger partial charge in [0, 0.05) is 32.0 Å². The molecule has 1 aromatic heterocycles. The van der Waals surface area contributed by atoms with Crippen LogP contribution in [-0.4, -0.2) is 36.6 Å². The monoisotopic (exact) mass is 430 g/mol. The first kappa shape index (κ1) is 22.3. The zero-order valence-electron chi connectivity index (χ0n) is 17.4. The minimum absolute atomic E-state index is 0.0401. The topological polar surface area (TPSA) is 64.8 Å². The van der Waals surface area contributed by atoms with E-state index in [2.05, 4.69) is 9.72 Å². The van der Waals surface area contributed by atoms with Crippen LogP contribution >= 0.6 is 0 Å². The number of carbonyl (C=O) groups excluding carboxylic acids is 1. The van der Waals surface area contributed by atoms with Crippen LogP contribution in [0.2, 0.25) is 0 Å². The van der Waals surface area contributed by atoms with Gasteiger partial charge in [0.1, 0.15) is 0 Å². The molecule has 0 aliphatic carbocycles. The first-order chi connectivity index (χ1) is 15.0. The van der Waals surface area contributed by atoms with Crippen LogP contribution in [-0.2, 0) is 17.8 Å². The number of hydrogen-bond donors (Lipinski definition) is 0. The molecule has 0 spiro atoms. The van der Waals surface area contributed by atoms with Gasteiger partial charge in [-0.3, -0.25) is 4.79 Å². The summed E-state index contributed by atoms with van der Waals surface area (Å²) in [5, 5.41) is 0. The number of halogens is 2.